The molecule has 2 aliphatic rings. The van der Waals surface area contributed by atoms with Gasteiger partial charge in [0.2, 0.25) is 0 Å². The third-order valence-corrected chi connectivity index (χ3v) is 2.11. The van der Waals surface area contributed by atoms with E-state index in [-0.39, 0.29) is 6.61 Å². The summed E-state index contributed by atoms with van der Waals surface area (Å²) in [4.78, 5) is 10.3. The Bertz CT molecular complexity index is 233. The Balaban J connectivity index is 2.01. The molecule has 0 amide bonds. The lowest BCUT2D eigenvalue weighted by atomic mass is 10.3. The van der Waals surface area contributed by atoms with Gasteiger partial charge in [0.25, 0.3) is 5.92 Å². The normalized spacial score (nSPS) is 43.3. The molecule has 0 aromatic heterocycles. The first-order valence-corrected chi connectivity index (χ1v) is 3.52. The first-order valence-electron chi connectivity index (χ1n) is 3.52. The highest BCUT2D eigenvalue weighted by Gasteiger charge is 2.72. The molecule has 2 rings (SSSR count). The molecule has 0 aromatic rings. The molecule has 3 unspecified atom stereocenters. The van der Waals surface area contributed by atoms with E-state index in [9.17, 15) is 13.6 Å². The van der Waals surface area contributed by atoms with E-state index < -0.39 is 30.1 Å². The lowest BCUT2D eigenvalue weighted by molar-refractivity contribution is -0.142. The number of carboxylic acids is 1. The summed E-state index contributed by atoms with van der Waals surface area (Å²) in [6.45, 7) is -0.188. The second-order valence-electron chi connectivity index (χ2n) is 2.96. The smallest absolute Gasteiger partial charge is 0.323 e. The van der Waals surface area contributed by atoms with Gasteiger partial charge in [-0.05, 0) is 0 Å². The van der Waals surface area contributed by atoms with E-state index in [2.05, 4.69) is 10.1 Å². The van der Waals surface area contributed by atoms with Crippen molar-refractivity contribution in [3.63, 3.8) is 0 Å². The highest BCUT2D eigenvalue weighted by atomic mass is 19.3. The largest absolute Gasteiger partial charge is 0.480 e. The molecule has 6 heteroatoms. The minimum absolute atomic E-state index is 0.188. The molecular weight excluding hydrogens is 172 g/mol. The maximum Gasteiger partial charge on any atom is 0.323 e. The Morgan fingerprint density at radius 1 is 1.67 bits per heavy atom. The van der Waals surface area contributed by atoms with Gasteiger partial charge in [-0.1, -0.05) is 0 Å². The molecular formula is C6H7F2NO3. The van der Waals surface area contributed by atoms with Gasteiger partial charge in [0.05, 0.1) is 6.61 Å². The molecule has 0 spiro atoms. The molecule has 2 N–H and O–H groups in total. The van der Waals surface area contributed by atoms with Crippen LogP contribution in [0.1, 0.15) is 0 Å². The summed E-state index contributed by atoms with van der Waals surface area (Å²) < 4.78 is 29.8. The van der Waals surface area contributed by atoms with Crippen LogP contribution in [-0.2, 0) is 9.53 Å². The summed E-state index contributed by atoms with van der Waals surface area (Å²) in [5, 5.41) is 10.8. The van der Waals surface area contributed by atoms with E-state index in [1.807, 2.05) is 0 Å². The molecule has 0 aromatic carbocycles. The predicted molar refractivity (Wildman–Crippen MR) is 33.0 cm³/mol. The van der Waals surface area contributed by atoms with Crippen LogP contribution in [0.3, 0.4) is 0 Å². The van der Waals surface area contributed by atoms with Crippen molar-refractivity contribution in [1.82, 2.24) is 5.32 Å². The monoisotopic (exact) mass is 179 g/mol. The Morgan fingerprint density at radius 2 is 2.33 bits per heavy atom. The number of halogens is 2. The van der Waals surface area contributed by atoms with Crippen LogP contribution < -0.4 is 5.32 Å². The quantitative estimate of drug-likeness (QED) is 0.566. The number of carbonyl (C=O) groups is 1. The zero-order valence-corrected chi connectivity index (χ0v) is 5.96. The number of nitrogens with one attached hydrogen (secondary N) is 1. The Hall–Kier alpha value is -0.750. The van der Waals surface area contributed by atoms with E-state index in [1.165, 1.54) is 0 Å². The van der Waals surface area contributed by atoms with E-state index >= 15 is 0 Å². The van der Waals surface area contributed by atoms with Crippen molar-refractivity contribution in [2.75, 3.05) is 6.61 Å². The van der Waals surface area contributed by atoms with Gasteiger partial charge in [0, 0.05) is 0 Å². The Labute approximate surface area is 66.5 Å². The molecule has 1 saturated carbocycles. The number of ether oxygens (including phenoxy) is 1. The lowest BCUT2D eigenvalue weighted by Crippen LogP contribution is -2.46. The molecule has 1 saturated heterocycles. The predicted octanol–water partition coefficient (Wildman–Crippen LogP) is -0.555. The van der Waals surface area contributed by atoms with Crippen LogP contribution in [0.2, 0.25) is 0 Å². The maximum atomic E-state index is 12.6. The van der Waals surface area contributed by atoms with Crippen LogP contribution in [0.25, 0.3) is 0 Å². The molecule has 1 aliphatic carbocycles. The number of morpholine rings is 1. The number of carboxylic acid groups (broad SMARTS) is 1. The standard InChI is InChI=1S/C6H7F2NO3/c7-6(8)3-4(6)12-1-2(9-3)5(10)11/h2-4,9H,1H2,(H,10,11). The topological polar surface area (TPSA) is 58.6 Å². The lowest BCUT2D eigenvalue weighted by Gasteiger charge is -2.17. The fourth-order valence-corrected chi connectivity index (χ4v) is 1.31. The third kappa shape index (κ3) is 0.914. The summed E-state index contributed by atoms with van der Waals surface area (Å²) in [6, 6.07) is -2.10. The fraction of sp³-hybridized carbons (Fsp3) is 0.833. The van der Waals surface area contributed by atoms with Crippen molar-refractivity contribution in [1.29, 1.82) is 0 Å². The van der Waals surface area contributed by atoms with Crippen LogP contribution in [0, 0.1) is 0 Å². The molecule has 0 radical (unpaired) electrons. The van der Waals surface area contributed by atoms with Crippen LogP contribution in [0.15, 0.2) is 0 Å². The van der Waals surface area contributed by atoms with Gasteiger partial charge in [-0.3, -0.25) is 10.1 Å². The van der Waals surface area contributed by atoms with E-state index in [1.54, 1.807) is 0 Å². The molecule has 2 fully saturated rings. The molecule has 3 atom stereocenters. The summed E-state index contributed by atoms with van der Waals surface area (Å²) in [6.07, 6.45) is -1.12. The maximum absolute atomic E-state index is 12.6. The second-order valence-corrected chi connectivity index (χ2v) is 2.96. The van der Waals surface area contributed by atoms with Crippen LogP contribution in [0.4, 0.5) is 8.78 Å². The molecule has 12 heavy (non-hydrogen) atoms. The molecule has 4 nitrogen and oxygen atoms in total. The van der Waals surface area contributed by atoms with E-state index in [0.717, 1.165) is 0 Å². The zero-order chi connectivity index (χ0) is 8.93. The van der Waals surface area contributed by atoms with Crippen LogP contribution >= 0.6 is 0 Å². The average Bonchev–Trinajstić information content (AvgIpc) is 2.55. The zero-order valence-electron chi connectivity index (χ0n) is 5.96. The molecule has 1 aliphatic heterocycles. The number of alkyl halides is 2. The third-order valence-electron chi connectivity index (χ3n) is 2.11. The first-order chi connectivity index (χ1) is 5.53. The summed E-state index contributed by atoms with van der Waals surface area (Å²) in [5.74, 6) is -4.04. The SMILES string of the molecule is O=C(O)C1COC2C(N1)C2(F)F. The van der Waals surface area contributed by atoms with Gasteiger partial charge in [-0.2, -0.15) is 0 Å². The highest BCUT2D eigenvalue weighted by Crippen LogP contribution is 2.46. The summed E-state index contributed by atoms with van der Waals surface area (Å²) in [5.41, 5.74) is 0. The van der Waals surface area contributed by atoms with E-state index in [0.29, 0.717) is 0 Å². The van der Waals surface area contributed by atoms with Crippen molar-refractivity contribution in [2.24, 2.45) is 0 Å². The first kappa shape index (κ1) is 7.88. The Morgan fingerprint density at radius 3 is 2.83 bits per heavy atom. The number of hydrogen-bond donors (Lipinski definition) is 2. The number of aliphatic carboxylic acids is 1. The number of fused-ring (bicyclic) bond motifs is 1. The number of hydrogen-bond acceptors (Lipinski definition) is 3. The van der Waals surface area contributed by atoms with E-state index in [4.69, 9.17) is 5.11 Å². The van der Waals surface area contributed by atoms with Gasteiger partial charge in [0.1, 0.15) is 18.2 Å². The highest BCUT2D eigenvalue weighted by molar-refractivity contribution is 5.74. The van der Waals surface area contributed by atoms with Gasteiger partial charge < -0.3 is 9.84 Å². The van der Waals surface area contributed by atoms with Crippen molar-refractivity contribution in [2.45, 2.75) is 24.1 Å². The van der Waals surface area contributed by atoms with Gasteiger partial charge in [-0.25, -0.2) is 8.78 Å². The van der Waals surface area contributed by atoms with Crippen molar-refractivity contribution >= 4 is 5.97 Å². The van der Waals surface area contributed by atoms with Crippen molar-refractivity contribution < 1.29 is 23.4 Å². The van der Waals surface area contributed by atoms with Crippen LogP contribution in [-0.4, -0.2) is 41.8 Å². The summed E-state index contributed by atoms with van der Waals surface area (Å²) in [7, 11) is 0. The van der Waals surface area contributed by atoms with Crippen molar-refractivity contribution in [3.8, 4) is 0 Å². The average molecular weight is 179 g/mol. The second kappa shape index (κ2) is 2.14. The van der Waals surface area contributed by atoms with Crippen LogP contribution in [0.5, 0.6) is 0 Å². The van der Waals surface area contributed by atoms with Gasteiger partial charge in [0.15, 0.2) is 0 Å². The fourth-order valence-electron chi connectivity index (χ4n) is 1.31. The summed E-state index contributed by atoms with van der Waals surface area (Å²) >= 11 is 0. The van der Waals surface area contributed by atoms with Gasteiger partial charge >= 0.3 is 5.97 Å². The minimum atomic E-state index is -2.88. The number of rotatable bonds is 1. The molecule has 1 heterocycles. The Kier molecular flexibility index (Phi) is 1.40. The molecule has 0 bridgehead atoms. The van der Waals surface area contributed by atoms with Gasteiger partial charge in [-0.15, -0.1) is 0 Å². The molecule has 68 valence electrons. The van der Waals surface area contributed by atoms with Crippen molar-refractivity contribution in [3.05, 3.63) is 0 Å². The minimum Gasteiger partial charge on any atom is -0.480 e.